The molecule has 2 amide bonds. The first-order valence-corrected chi connectivity index (χ1v) is 9.35. The topological polar surface area (TPSA) is 93.2 Å². The Morgan fingerprint density at radius 2 is 1.93 bits per heavy atom. The van der Waals surface area contributed by atoms with Crippen LogP contribution in [0.15, 0.2) is 48.5 Å². The monoisotopic (exact) mass is 377 g/mol. The fraction of sp³-hybridized carbons (Fsp3) is 0.286. The molecule has 1 atom stereocenters. The van der Waals surface area contributed by atoms with Crippen LogP contribution in [0.2, 0.25) is 0 Å². The third kappa shape index (κ3) is 3.36. The molecule has 7 nitrogen and oxygen atoms in total. The van der Waals surface area contributed by atoms with Crippen LogP contribution in [0.1, 0.15) is 22.9 Å². The van der Waals surface area contributed by atoms with E-state index in [2.05, 4.69) is 10.4 Å². The molecule has 0 aliphatic carbocycles. The summed E-state index contributed by atoms with van der Waals surface area (Å²) in [6.07, 6.45) is 0.558. The van der Waals surface area contributed by atoms with Gasteiger partial charge in [0.15, 0.2) is 0 Å². The van der Waals surface area contributed by atoms with Gasteiger partial charge < -0.3 is 16.0 Å². The van der Waals surface area contributed by atoms with Crippen molar-refractivity contribution in [2.75, 3.05) is 13.1 Å². The number of nitrogens with one attached hydrogen (secondary N) is 1. The van der Waals surface area contributed by atoms with Crippen molar-refractivity contribution in [1.29, 1.82) is 0 Å². The summed E-state index contributed by atoms with van der Waals surface area (Å²) in [7, 11) is 1.89. The van der Waals surface area contributed by atoms with E-state index in [1.165, 1.54) is 4.90 Å². The molecule has 1 unspecified atom stereocenters. The summed E-state index contributed by atoms with van der Waals surface area (Å²) in [5, 5.41) is 8.29. The van der Waals surface area contributed by atoms with Crippen molar-refractivity contribution in [1.82, 2.24) is 20.0 Å². The number of carbonyl (C=O) groups excluding carboxylic acids is 2. The Bertz CT molecular complexity index is 1040. The van der Waals surface area contributed by atoms with Gasteiger partial charge in [0, 0.05) is 44.5 Å². The predicted molar refractivity (Wildman–Crippen MR) is 106 cm³/mol. The minimum absolute atomic E-state index is 0.276. The van der Waals surface area contributed by atoms with Crippen molar-refractivity contribution in [3.63, 3.8) is 0 Å². The third-order valence-corrected chi connectivity index (χ3v) is 5.20. The lowest BCUT2D eigenvalue weighted by molar-refractivity contribution is -0.146. The average molecular weight is 377 g/mol. The van der Waals surface area contributed by atoms with Crippen molar-refractivity contribution in [2.24, 2.45) is 12.8 Å². The molecule has 0 radical (unpaired) electrons. The number of nitrogens with two attached hydrogens (primary N) is 1. The number of rotatable bonds is 3. The van der Waals surface area contributed by atoms with Gasteiger partial charge >= 0.3 is 11.8 Å². The van der Waals surface area contributed by atoms with Gasteiger partial charge in [-0.25, -0.2) is 0 Å². The lowest BCUT2D eigenvalue weighted by Crippen LogP contribution is -2.47. The van der Waals surface area contributed by atoms with E-state index >= 15 is 0 Å². The highest BCUT2D eigenvalue weighted by Gasteiger charge is 2.29. The van der Waals surface area contributed by atoms with Gasteiger partial charge in [0.1, 0.15) is 0 Å². The predicted octanol–water partition coefficient (Wildman–Crippen LogP) is 1.27. The quantitative estimate of drug-likeness (QED) is 0.673. The van der Waals surface area contributed by atoms with Gasteiger partial charge in [-0.15, -0.1) is 0 Å². The Balaban J connectivity index is 1.37. The summed E-state index contributed by atoms with van der Waals surface area (Å²) < 4.78 is 1.82. The van der Waals surface area contributed by atoms with Crippen LogP contribution in [0, 0.1) is 0 Å². The number of fused-ring (bicyclic) bond motifs is 2. The van der Waals surface area contributed by atoms with Gasteiger partial charge in [-0.2, -0.15) is 5.10 Å². The summed E-state index contributed by atoms with van der Waals surface area (Å²) in [6.45, 7) is 1.09. The van der Waals surface area contributed by atoms with E-state index in [0.29, 0.717) is 26.1 Å². The van der Waals surface area contributed by atoms with E-state index in [0.717, 1.165) is 27.7 Å². The highest BCUT2D eigenvalue weighted by Crippen LogP contribution is 2.24. The van der Waals surface area contributed by atoms with E-state index in [1.807, 2.05) is 60.3 Å². The van der Waals surface area contributed by atoms with Gasteiger partial charge in [0.2, 0.25) is 0 Å². The molecule has 0 saturated heterocycles. The first kappa shape index (κ1) is 18.2. The Labute approximate surface area is 163 Å². The van der Waals surface area contributed by atoms with E-state index in [4.69, 9.17) is 5.73 Å². The molecule has 1 aliphatic heterocycles. The molecule has 2 heterocycles. The van der Waals surface area contributed by atoms with Gasteiger partial charge in [-0.3, -0.25) is 14.3 Å². The average Bonchev–Trinajstić information content (AvgIpc) is 3.03. The number of hydrogen-bond donors (Lipinski definition) is 2. The van der Waals surface area contributed by atoms with Crippen molar-refractivity contribution in [2.45, 2.75) is 19.0 Å². The van der Waals surface area contributed by atoms with Crippen molar-refractivity contribution in [3.05, 3.63) is 65.4 Å². The largest absolute Gasteiger partial charge is 0.347 e. The van der Waals surface area contributed by atoms with E-state index < -0.39 is 11.8 Å². The van der Waals surface area contributed by atoms with Crippen LogP contribution in [0.5, 0.6) is 0 Å². The molecule has 1 aliphatic rings. The second-order valence-electron chi connectivity index (χ2n) is 7.08. The number of carbonyl (C=O) groups is 2. The lowest BCUT2D eigenvalue weighted by Gasteiger charge is -2.32. The summed E-state index contributed by atoms with van der Waals surface area (Å²) in [6, 6.07) is 15.4. The van der Waals surface area contributed by atoms with Crippen molar-refractivity contribution in [3.8, 4) is 0 Å². The maximum atomic E-state index is 12.6. The summed E-state index contributed by atoms with van der Waals surface area (Å²) in [5.41, 5.74) is 10.1. The van der Waals surface area contributed by atoms with Crippen LogP contribution >= 0.6 is 0 Å². The Hall–Kier alpha value is -3.19. The zero-order valence-electron chi connectivity index (χ0n) is 15.8. The number of hydrogen-bond acceptors (Lipinski definition) is 4. The standard InChI is InChI=1S/C21H23N5O2/c1-25-19-9-5-4-8-16(19)18(24-25)10-11-23-20(27)21(28)26-12-14-6-2-3-7-15(14)17(22)13-26/h2-9,17H,10-13,22H2,1H3,(H,23,27). The van der Waals surface area contributed by atoms with Crippen LogP contribution < -0.4 is 11.1 Å². The second kappa shape index (κ2) is 7.44. The molecule has 0 saturated carbocycles. The molecule has 4 rings (SSSR count). The number of nitrogens with zero attached hydrogens (tertiary/aromatic N) is 3. The molecule has 3 N–H and O–H groups in total. The molecular formula is C21H23N5O2. The highest BCUT2D eigenvalue weighted by molar-refractivity contribution is 6.35. The summed E-state index contributed by atoms with van der Waals surface area (Å²) >= 11 is 0. The highest BCUT2D eigenvalue weighted by atomic mass is 16.2. The maximum Gasteiger partial charge on any atom is 0.312 e. The van der Waals surface area contributed by atoms with Crippen molar-refractivity contribution >= 4 is 22.7 Å². The summed E-state index contributed by atoms with van der Waals surface area (Å²) in [5.74, 6) is -1.15. The number of aromatic nitrogens is 2. The molecule has 1 aromatic heterocycles. The fourth-order valence-electron chi connectivity index (χ4n) is 3.79. The molecule has 2 aromatic carbocycles. The SMILES string of the molecule is Cn1nc(CCNC(=O)C(=O)N2Cc3ccccc3C(N)C2)c2ccccc21. The van der Waals surface area contributed by atoms with Gasteiger partial charge in [-0.05, 0) is 17.2 Å². The first-order chi connectivity index (χ1) is 13.5. The molecule has 0 fully saturated rings. The molecule has 28 heavy (non-hydrogen) atoms. The number of amides is 2. The molecule has 7 heteroatoms. The number of benzene rings is 2. The fourth-order valence-corrected chi connectivity index (χ4v) is 3.79. The minimum Gasteiger partial charge on any atom is -0.347 e. The Morgan fingerprint density at radius 3 is 2.79 bits per heavy atom. The third-order valence-electron chi connectivity index (χ3n) is 5.20. The second-order valence-corrected chi connectivity index (χ2v) is 7.08. The molecule has 0 bridgehead atoms. The van der Waals surface area contributed by atoms with E-state index in [1.54, 1.807) is 0 Å². The zero-order valence-corrected chi connectivity index (χ0v) is 15.8. The van der Waals surface area contributed by atoms with Gasteiger partial charge in [0.05, 0.1) is 11.2 Å². The Kier molecular flexibility index (Phi) is 4.83. The van der Waals surface area contributed by atoms with Crippen LogP contribution in [0.4, 0.5) is 0 Å². The van der Waals surface area contributed by atoms with Crippen LogP contribution in [0.25, 0.3) is 10.9 Å². The van der Waals surface area contributed by atoms with Crippen LogP contribution in [-0.4, -0.2) is 39.6 Å². The van der Waals surface area contributed by atoms with Crippen LogP contribution in [-0.2, 0) is 29.6 Å². The lowest BCUT2D eigenvalue weighted by atomic mass is 9.96. The zero-order chi connectivity index (χ0) is 19.7. The van der Waals surface area contributed by atoms with Crippen LogP contribution in [0.3, 0.4) is 0 Å². The van der Waals surface area contributed by atoms with Crippen molar-refractivity contribution < 1.29 is 9.59 Å². The number of aryl methyl sites for hydroxylation is 1. The molecule has 144 valence electrons. The summed E-state index contributed by atoms with van der Waals surface area (Å²) in [4.78, 5) is 26.4. The molecule has 3 aromatic rings. The van der Waals surface area contributed by atoms with Gasteiger partial charge in [-0.1, -0.05) is 42.5 Å². The molecule has 0 spiro atoms. The van der Waals surface area contributed by atoms with E-state index in [-0.39, 0.29) is 6.04 Å². The smallest absolute Gasteiger partial charge is 0.312 e. The minimum atomic E-state index is -0.605. The number of para-hydroxylation sites is 1. The molecular weight excluding hydrogens is 354 g/mol. The Morgan fingerprint density at radius 1 is 1.18 bits per heavy atom. The normalized spacial score (nSPS) is 16.1. The van der Waals surface area contributed by atoms with Gasteiger partial charge in [0.25, 0.3) is 0 Å². The first-order valence-electron chi connectivity index (χ1n) is 9.35. The maximum absolute atomic E-state index is 12.6. The van der Waals surface area contributed by atoms with E-state index in [9.17, 15) is 9.59 Å².